The van der Waals surface area contributed by atoms with Crippen LogP contribution in [0.1, 0.15) is 31.2 Å². The highest BCUT2D eigenvalue weighted by Gasteiger charge is 2.43. The van der Waals surface area contributed by atoms with Gasteiger partial charge in [0.2, 0.25) is 0 Å². The molecule has 2 rings (SSSR count). The molecule has 0 saturated carbocycles. The largest absolute Gasteiger partial charge is 0.479 e. The molecule has 4 N–H and O–H groups in total. The number of furan rings is 1. The number of carboxylic acid groups (broad SMARTS) is 1. The van der Waals surface area contributed by atoms with E-state index in [0.29, 0.717) is 28.8 Å². The number of alkyl halides is 1. The maximum atomic E-state index is 11.7. The standard InChI is InChI=1S/C18H25ClN2O4S.2ClH/c1-3-11(19)4-5-12-8-13-14(21-7-6-15(13)25-12)9-18(24,17(22)23)16(20)10-26-2;;/h6-8,11,16,24H,3-5,9-10,20H2,1-2H3,(H,22,23);2*1H/t11?,16-,18+;;/m0../s1. The second-order valence-corrected chi connectivity index (χ2v) is 7.92. The van der Waals surface area contributed by atoms with Crippen LogP contribution in [-0.4, -0.2) is 50.2 Å². The number of hydrogen-bond donors (Lipinski definition) is 3. The van der Waals surface area contributed by atoms with Crippen molar-refractivity contribution in [1.29, 1.82) is 0 Å². The van der Waals surface area contributed by atoms with E-state index < -0.39 is 17.6 Å². The number of thioether (sulfide) groups is 1. The number of pyridine rings is 1. The van der Waals surface area contributed by atoms with Gasteiger partial charge in [0.05, 0.1) is 11.7 Å². The third-order valence-electron chi connectivity index (χ3n) is 4.49. The fourth-order valence-electron chi connectivity index (χ4n) is 2.78. The smallest absolute Gasteiger partial charge is 0.337 e. The lowest BCUT2D eigenvalue weighted by Crippen LogP contribution is -2.57. The lowest BCUT2D eigenvalue weighted by Gasteiger charge is -2.29. The van der Waals surface area contributed by atoms with E-state index in [0.717, 1.165) is 18.6 Å². The fourth-order valence-corrected chi connectivity index (χ4v) is 3.52. The highest BCUT2D eigenvalue weighted by atomic mass is 35.5. The maximum absolute atomic E-state index is 11.7. The molecule has 2 aromatic heterocycles. The maximum Gasteiger partial charge on any atom is 0.337 e. The molecule has 0 amide bonds. The molecule has 2 heterocycles. The molecule has 160 valence electrons. The average Bonchev–Trinajstić information content (AvgIpc) is 3.03. The summed E-state index contributed by atoms with van der Waals surface area (Å²) in [6.07, 6.45) is 5.53. The van der Waals surface area contributed by atoms with Gasteiger partial charge < -0.3 is 20.4 Å². The molecule has 10 heteroatoms. The molecule has 0 saturated heterocycles. The summed E-state index contributed by atoms with van der Waals surface area (Å²) in [6, 6.07) is 2.65. The van der Waals surface area contributed by atoms with Crippen LogP contribution in [0.5, 0.6) is 0 Å². The molecule has 0 aliphatic carbocycles. The summed E-state index contributed by atoms with van der Waals surface area (Å²) in [5, 5.41) is 21.0. The quantitative estimate of drug-likeness (QED) is 0.452. The Labute approximate surface area is 186 Å². The Morgan fingerprint density at radius 1 is 1.46 bits per heavy atom. The van der Waals surface area contributed by atoms with Gasteiger partial charge in [-0.15, -0.1) is 36.4 Å². The predicted octanol–water partition coefficient (Wildman–Crippen LogP) is 3.67. The number of aliphatic carboxylic acids is 1. The van der Waals surface area contributed by atoms with Crippen molar-refractivity contribution in [3.63, 3.8) is 0 Å². The Bertz CT molecular complexity index is 762. The lowest BCUT2D eigenvalue weighted by molar-refractivity contribution is -0.160. The Balaban J connectivity index is 0.00000364. The van der Waals surface area contributed by atoms with Crippen molar-refractivity contribution in [1.82, 2.24) is 4.98 Å². The molecule has 0 aliphatic rings. The summed E-state index contributed by atoms with van der Waals surface area (Å²) in [4.78, 5) is 16.0. The molecule has 1 unspecified atom stereocenters. The molecule has 0 spiro atoms. The summed E-state index contributed by atoms with van der Waals surface area (Å²) in [5.74, 6) is -0.265. The first-order valence-electron chi connectivity index (χ1n) is 8.52. The van der Waals surface area contributed by atoms with Crippen molar-refractivity contribution in [2.24, 2.45) is 5.73 Å². The van der Waals surface area contributed by atoms with Crippen LogP contribution in [0.3, 0.4) is 0 Å². The fraction of sp³-hybridized carbons (Fsp3) is 0.556. The van der Waals surface area contributed by atoms with Gasteiger partial charge in [0.15, 0.2) is 5.60 Å². The Morgan fingerprint density at radius 2 is 2.14 bits per heavy atom. The Hall–Kier alpha value is -0.700. The topological polar surface area (TPSA) is 110 Å². The van der Waals surface area contributed by atoms with Gasteiger partial charge in [-0.2, -0.15) is 11.8 Å². The monoisotopic (exact) mass is 472 g/mol. The summed E-state index contributed by atoms with van der Waals surface area (Å²) in [7, 11) is 0. The highest BCUT2D eigenvalue weighted by molar-refractivity contribution is 7.98. The van der Waals surface area contributed by atoms with Crippen molar-refractivity contribution >= 4 is 65.1 Å². The number of rotatable bonds is 10. The number of nitrogens with zero attached hydrogens (tertiary/aromatic N) is 1. The number of aryl methyl sites for hydroxylation is 1. The third kappa shape index (κ3) is 6.40. The minimum absolute atomic E-state index is 0. The zero-order valence-corrected chi connectivity index (χ0v) is 19.0. The van der Waals surface area contributed by atoms with Crippen LogP contribution < -0.4 is 5.73 Å². The summed E-state index contributed by atoms with van der Waals surface area (Å²) >= 11 is 7.55. The van der Waals surface area contributed by atoms with Gasteiger partial charge in [0.25, 0.3) is 0 Å². The van der Waals surface area contributed by atoms with Crippen molar-refractivity contribution in [2.45, 2.75) is 49.6 Å². The summed E-state index contributed by atoms with van der Waals surface area (Å²) in [6.45, 7) is 2.03. The first kappa shape index (κ1) is 27.3. The Morgan fingerprint density at radius 3 is 2.71 bits per heavy atom. The number of nitrogens with two attached hydrogens (primary N) is 1. The number of halogens is 3. The molecule has 0 fully saturated rings. The number of aromatic nitrogens is 1. The predicted molar refractivity (Wildman–Crippen MR) is 119 cm³/mol. The van der Waals surface area contributed by atoms with E-state index in [1.807, 2.05) is 19.2 Å². The SMILES string of the molecule is CCC(Cl)CCc1cc2c(C[C@](O)(C(=O)O)[C@@H](N)CSC)nccc2o1.Cl.Cl. The van der Waals surface area contributed by atoms with E-state index in [2.05, 4.69) is 4.98 Å². The summed E-state index contributed by atoms with van der Waals surface area (Å²) in [5.41, 5.74) is 4.91. The van der Waals surface area contributed by atoms with Gasteiger partial charge >= 0.3 is 5.97 Å². The van der Waals surface area contributed by atoms with E-state index in [-0.39, 0.29) is 36.6 Å². The van der Waals surface area contributed by atoms with E-state index in [4.69, 9.17) is 21.8 Å². The van der Waals surface area contributed by atoms with Crippen LogP contribution in [0, 0.1) is 0 Å². The molecule has 0 aromatic carbocycles. The number of carbonyl (C=O) groups is 1. The molecule has 28 heavy (non-hydrogen) atoms. The second-order valence-electron chi connectivity index (χ2n) is 6.39. The van der Waals surface area contributed by atoms with Crippen molar-refractivity contribution in [3.05, 3.63) is 29.8 Å². The molecule has 0 bridgehead atoms. The van der Waals surface area contributed by atoms with Gasteiger partial charge in [0.1, 0.15) is 11.3 Å². The Kier molecular flexibility index (Phi) is 11.8. The first-order chi connectivity index (χ1) is 12.3. The molecular formula is C18H27Cl3N2O4S. The number of carboxylic acids is 1. The number of fused-ring (bicyclic) bond motifs is 1. The van der Waals surface area contributed by atoms with E-state index >= 15 is 0 Å². The van der Waals surface area contributed by atoms with E-state index in [9.17, 15) is 15.0 Å². The van der Waals surface area contributed by atoms with Crippen molar-refractivity contribution in [2.75, 3.05) is 12.0 Å². The zero-order chi connectivity index (χ0) is 19.3. The van der Waals surface area contributed by atoms with Crippen LogP contribution in [0.15, 0.2) is 22.7 Å². The van der Waals surface area contributed by atoms with Crippen LogP contribution in [-0.2, 0) is 17.6 Å². The van der Waals surface area contributed by atoms with Gasteiger partial charge in [-0.05, 0) is 31.2 Å². The van der Waals surface area contributed by atoms with E-state index in [1.54, 1.807) is 12.3 Å². The van der Waals surface area contributed by atoms with Gasteiger partial charge in [-0.1, -0.05) is 6.92 Å². The van der Waals surface area contributed by atoms with Gasteiger partial charge in [-0.25, -0.2) is 4.79 Å². The first-order valence-corrected chi connectivity index (χ1v) is 10.4. The van der Waals surface area contributed by atoms with Crippen LogP contribution >= 0.6 is 48.2 Å². The molecule has 2 aromatic rings. The molecular weight excluding hydrogens is 447 g/mol. The second kappa shape index (κ2) is 12.1. The van der Waals surface area contributed by atoms with Crippen molar-refractivity contribution < 1.29 is 19.4 Å². The molecule has 3 atom stereocenters. The van der Waals surface area contributed by atoms with E-state index in [1.165, 1.54) is 11.8 Å². The average molecular weight is 474 g/mol. The van der Waals surface area contributed by atoms with Crippen molar-refractivity contribution in [3.8, 4) is 0 Å². The third-order valence-corrected chi connectivity index (χ3v) is 5.71. The van der Waals surface area contributed by atoms with Gasteiger partial charge in [-0.3, -0.25) is 4.98 Å². The normalized spacial score (nSPS) is 15.2. The number of hydrogen-bond acceptors (Lipinski definition) is 6. The number of aliphatic hydroxyl groups is 1. The van der Waals surface area contributed by atoms with Crippen LogP contribution in [0.2, 0.25) is 0 Å². The zero-order valence-electron chi connectivity index (χ0n) is 15.8. The minimum Gasteiger partial charge on any atom is -0.479 e. The molecule has 0 radical (unpaired) electrons. The highest BCUT2D eigenvalue weighted by Crippen LogP contribution is 2.27. The van der Waals surface area contributed by atoms with Crippen LogP contribution in [0.25, 0.3) is 11.0 Å². The lowest BCUT2D eigenvalue weighted by atomic mass is 9.89. The molecule has 6 nitrogen and oxygen atoms in total. The van der Waals surface area contributed by atoms with Gasteiger partial charge in [0, 0.05) is 35.6 Å². The minimum atomic E-state index is -2.09. The van der Waals surface area contributed by atoms with Crippen LogP contribution in [0.4, 0.5) is 0 Å². The summed E-state index contributed by atoms with van der Waals surface area (Å²) < 4.78 is 5.82. The molecule has 0 aliphatic heterocycles.